The fraction of sp³-hybridized carbons (Fsp3) is 0.500. The van der Waals surface area contributed by atoms with Crippen molar-refractivity contribution in [2.24, 2.45) is 0 Å². The van der Waals surface area contributed by atoms with Gasteiger partial charge in [0.25, 0.3) is 0 Å². The maximum absolute atomic E-state index is 12.0. The first-order chi connectivity index (χ1) is 9.83. The van der Waals surface area contributed by atoms with Gasteiger partial charge in [-0.2, -0.15) is 5.26 Å². The summed E-state index contributed by atoms with van der Waals surface area (Å²) in [4.78, 5) is 12.0. The van der Waals surface area contributed by atoms with Crippen molar-refractivity contribution >= 4 is 14.3 Å². The van der Waals surface area contributed by atoms with Crippen molar-refractivity contribution in [1.82, 2.24) is 0 Å². The Morgan fingerprint density at radius 3 is 2.62 bits per heavy atom. The van der Waals surface area contributed by atoms with Crippen LogP contribution in [0.1, 0.15) is 29.9 Å². The van der Waals surface area contributed by atoms with E-state index >= 15 is 0 Å². The van der Waals surface area contributed by atoms with Crippen LogP contribution in [0.2, 0.25) is 19.6 Å². The lowest BCUT2D eigenvalue weighted by atomic mass is 9.74. The molecule has 1 aromatic carbocycles. The lowest BCUT2D eigenvalue weighted by Gasteiger charge is -2.40. The lowest BCUT2D eigenvalue weighted by Crippen LogP contribution is -2.43. The fourth-order valence-electron chi connectivity index (χ4n) is 2.96. The van der Waals surface area contributed by atoms with Gasteiger partial charge in [0.05, 0.1) is 13.0 Å². The van der Waals surface area contributed by atoms with Gasteiger partial charge in [0.1, 0.15) is 6.07 Å². The molecular weight excluding hydrogens is 282 g/mol. The minimum Gasteiger partial charge on any atom is -0.469 e. The minimum atomic E-state index is -1.90. The zero-order valence-corrected chi connectivity index (χ0v) is 14.0. The molecule has 2 atom stereocenters. The molecule has 112 valence electrons. The van der Waals surface area contributed by atoms with Gasteiger partial charge in [0, 0.05) is 5.56 Å². The predicted molar refractivity (Wildman–Crippen MR) is 82.2 cm³/mol. The Kier molecular flexibility index (Phi) is 4.22. The van der Waals surface area contributed by atoms with E-state index < -0.39 is 13.9 Å². The van der Waals surface area contributed by atoms with E-state index in [9.17, 15) is 10.1 Å². The van der Waals surface area contributed by atoms with E-state index in [2.05, 4.69) is 25.7 Å². The summed E-state index contributed by atoms with van der Waals surface area (Å²) in [6.07, 6.45) is 1.09. The van der Waals surface area contributed by atoms with Gasteiger partial charge >= 0.3 is 5.97 Å². The molecule has 0 radical (unpaired) electrons. The molecule has 0 spiro atoms. The number of hydrogen-bond acceptors (Lipinski definition) is 4. The van der Waals surface area contributed by atoms with Crippen LogP contribution in [0.25, 0.3) is 0 Å². The summed E-state index contributed by atoms with van der Waals surface area (Å²) < 4.78 is 11.1. The molecule has 0 bridgehead atoms. The summed E-state index contributed by atoms with van der Waals surface area (Å²) >= 11 is 0. The quantitative estimate of drug-likeness (QED) is 0.635. The molecule has 0 fully saturated rings. The fourth-order valence-corrected chi connectivity index (χ4v) is 4.26. The first-order valence-electron chi connectivity index (χ1n) is 7.11. The Morgan fingerprint density at radius 1 is 1.38 bits per heavy atom. The van der Waals surface area contributed by atoms with E-state index in [1.165, 1.54) is 7.11 Å². The molecule has 0 amide bonds. The van der Waals surface area contributed by atoms with Crippen LogP contribution in [-0.4, -0.2) is 21.4 Å². The average Bonchev–Trinajstić information content (AvgIpc) is 2.45. The van der Waals surface area contributed by atoms with Crippen LogP contribution in [-0.2, 0) is 19.6 Å². The smallest absolute Gasteiger partial charge is 0.313 e. The van der Waals surface area contributed by atoms with E-state index in [0.29, 0.717) is 12.8 Å². The molecule has 1 aliphatic rings. The normalized spacial score (nSPS) is 24.8. The zero-order valence-electron chi connectivity index (χ0n) is 13.0. The van der Waals surface area contributed by atoms with Gasteiger partial charge < -0.3 is 9.16 Å². The van der Waals surface area contributed by atoms with Crippen molar-refractivity contribution in [2.45, 2.75) is 44.0 Å². The molecule has 0 heterocycles. The Morgan fingerprint density at radius 2 is 2.05 bits per heavy atom. The average molecular weight is 303 g/mol. The van der Waals surface area contributed by atoms with Gasteiger partial charge in [-0.15, -0.1) is 0 Å². The molecule has 2 rings (SSSR count). The highest BCUT2D eigenvalue weighted by Crippen LogP contribution is 2.45. The van der Waals surface area contributed by atoms with Crippen molar-refractivity contribution in [3.05, 3.63) is 35.4 Å². The number of nitrogens with zero attached hydrogens (tertiary/aromatic N) is 1. The minimum absolute atomic E-state index is 0.248. The lowest BCUT2D eigenvalue weighted by molar-refractivity contribution is -0.143. The molecule has 0 aromatic heterocycles. The van der Waals surface area contributed by atoms with E-state index in [1.807, 2.05) is 24.3 Å². The monoisotopic (exact) mass is 303 g/mol. The van der Waals surface area contributed by atoms with Gasteiger partial charge in [-0.25, -0.2) is 0 Å². The molecule has 0 saturated carbocycles. The Balaban J connectivity index is 2.53. The number of carbonyl (C=O) groups excluding carboxylic acids is 1. The summed E-state index contributed by atoms with van der Waals surface area (Å²) in [5.74, 6) is -0.556. The van der Waals surface area contributed by atoms with E-state index in [-0.39, 0.29) is 11.9 Å². The molecule has 0 aliphatic heterocycles. The van der Waals surface area contributed by atoms with Crippen LogP contribution in [0.3, 0.4) is 0 Å². The molecule has 0 saturated heterocycles. The highest BCUT2D eigenvalue weighted by molar-refractivity contribution is 6.69. The van der Waals surface area contributed by atoms with Crippen LogP contribution >= 0.6 is 0 Å². The number of nitriles is 1. The van der Waals surface area contributed by atoms with Crippen LogP contribution in [0, 0.1) is 11.3 Å². The van der Waals surface area contributed by atoms with Gasteiger partial charge in [-0.1, -0.05) is 24.3 Å². The third kappa shape index (κ3) is 3.02. The third-order valence-corrected chi connectivity index (χ3v) is 4.66. The summed E-state index contributed by atoms with van der Waals surface area (Å²) in [6.45, 7) is 6.21. The maximum atomic E-state index is 12.0. The summed E-state index contributed by atoms with van der Waals surface area (Å²) in [6, 6.07) is 9.94. The van der Waals surface area contributed by atoms with Crippen molar-refractivity contribution in [2.75, 3.05) is 7.11 Å². The summed E-state index contributed by atoms with van der Waals surface area (Å²) in [5.41, 5.74) is 0.734. The number of hydrogen-bond donors (Lipinski definition) is 0. The van der Waals surface area contributed by atoms with Crippen molar-refractivity contribution in [3.8, 4) is 6.07 Å². The number of fused-ring (bicyclic) bond motifs is 1. The SMILES string of the molecule is COC(=O)C1CCC(C#N)(O[Si](C)(C)C)c2ccccc21. The molecule has 1 aromatic rings. The molecule has 2 unspecified atom stereocenters. The predicted octanol–water partition coefficient (Wildman–Crippen LogP) is 3.31. The first-order valence-corrected chi connectivity index (χ1v) is 10.5. The van der Waals surface area contributed by atoms with E-state index in [1.54, 1.807) is 0 Å². The van der Waals surface area contributed by atoms with E-state index in [0.717, 1.165) is 11.1 Å². The van der Waals surface area contributed by atoms with Gasteiger partial charge in [-0.3, -0.25) is 4.79 Å². The van der Waals surface area contributed by atoms with Crippen molar-refractivity contribution < 1.29 is 14.0 Å². The Labute approximate surface area is 126 Å². The number of rotatable bonds is 3. The number of esters is 1. The standard InChI is InChI=1S/C16H21NO3Si/c1-19-15(18)13-9-10-16(11-17,20-21(2,3)4)14-8-6-5-7-12(13)14/h5-8,13H,9-10H2,1-4H3. The summed E-state index contributed by atoms with van der Waals surface area (Å²) in [7, 11) is -0.504. The van der Waals surface area contributed by atoms with Crippen LogP contribution < -0.4 is 0 Å². The highest BCUT2D eigenvalue weighted by Gasteiger charge is 2.45. The number of carbonyl (C=O) groups is 1. The Bertz CT molecular complexity index is 588. The summed E-state index contributed by atoms with van der Waals surface area (Å²) in [5, 5.41) is 9.76. The highest BCUT2D eigenvalue weighted by atomic mass is 28.4. The van der Waals surface area contributed by atoms with Gasteiger partial charge in [0.2, 0.25) is 0 Å². The van der Waals surface area contributed by atoms with Gasteiger partial charge in [-0.05, 0) is 38.0 Å². The van der Waals surface area contributed by atoms with Crippen LogP contribution in [0.5, 0.6) is 0 Å². The topological polar surface area (TPSA) is 59.3 Å². The third-order valence-electron chi connectivity index (χ3n) is 3.70. The molecule has 0 N–H and O–H groups in total. The molecule has 1 aliphatic carbocycles. The second kappa shape index (κ2) is 5.62. The van der Waals surface area contributed by atoms with Crippen LogP contribution in [0.4, 0.5) is 0 Å². The molecular formula is C16H21NO3Si. The largest absolute Gasteiger partial charge is 0.469 e. The molecule has 5 heteroatoms. The van der Waals surface area contributed by atoms with Crippen molar-refractivity contribution in [1.29, 1.82) is 5.26 Å². The molecule has 4 nitrogen and oxygen atoms in total. The Hall–Kier alpha value is -1.64. The van der Waals surface area contributed by atoms with Crippen LogP contribution in [0.15, 0.2) is 24.3 Å². The molecule has 21 heavy (non-hydrogen) atoms. The maximum Gasteiger partial charge on any atom is 0.313 e. The van der Waals surface area contributed by atoms with Crippen molar-refractivity contribution in [3.63, 3.8) is 0 Å². The number of ether oxygens (including phenoxy) is 1. The van der Waals surface area contributed by atoms with Gasteiger partial charge in [0.15, 0.2) is 13.9 Å². The first kappa shape index (κ1) is 15.7. The second-order valence-corrected chi connectivity index (χ2v) is 10.8. The van der Waals surface area contributed by atoms with E-state index in [4.69, 9.17) is 9.16 Å². The number of benzene rings is 1. The number of methoxy groups -OCH3 is 1. The second-order valence-electron chi connectivity index (χ2n) is 6.35. The zero-order chi connectivity index (χ0) is 15.7.